The highest BCUT2D eigenvalue weighted by Gasteiger charge is 2.31. The molecule has 1 aromatic carbocycles. The van der Waals surface area contributed by atoms with Gasteiger partial charge in [0.05, 0.1) is 18.3 Å². The molecule has 5 rings (SSSR count). The molecule has 4 aromatic rings. The van der Waals surface area contributed by atoms with Crippen LogP contribution < -0.4 is 4.90 Å². The highest BCUT2D eigenvalue weighted by molar-refractivity contribution is 7.10. The van der Waals surface area contributed by atoms with Gasteiger partial charge in [0.2, 0.25) is 0 Å². The van der Waals surface area contributed by atoms with Gasteiger partial charge in [-0.1, -0.05) is 30.3 Å². The zero-order valence-corrected chi connectivity index (χ0v) is 17.2. The van der Waals surface area contributed by atoms with Crippen molar-refractivity contribution in [3.05, 3.63) is 58.8 Å². The van der Waals surface area contributed by atoms with Gasteiger partial charge in [-0.2, -0.15) is 14.6 Å². The normalized spacial score (nSPS) is 16.3. The van der Waals surface area contributed by atoms with Crippen molar-refractivity contribution in [2.75, 3.05) is 18.1 Å². The standard InChI is InChI=1S/C21H20N6O2S/c1-2-29-20(28)16-12-30-19(24-16)17-9-6-10-26(17)18-11-15(14-7-4-3-5-8-14)25-21-22-13-23-27(18)21/h3-5,7-8,11-13,17H,2,6,9-10H2,1H3. The van der Waals surface area contributed by atoms with Crippen LogP contribution in [0.3, 0.4) is 0 Å². The number of hydrogen-bond donors (Lipinski definition) is 0. The number of fused-ring (bicyclic) bond motifs is 1. The molecule has 0 N–H and O–H groups in total. The number of hydrogen-bond acceptors (Lipinski definition) is 8. The predicted octanol–water partition coefficient (Wildman–Crippen LogP) is 3.77. The third-order valence-electron chi connectivity index (χ3n) is 5.14. The summed E-state index contributed by atoms with van der Waals surface area (Å²) in [6, 6.07) is 12.2. The van der Waals surface area contributed by atoms with Crippen LogP contribution in [0.2, 0.25) is 0 Å². The van der Waals surface area contributed by atoms with E-state index < -0.39 is 0 Å². The fourth-order valence-electron chi connectivity index (χ4n) is 3.80. The molecule has 8 nitrogen and oxygen atoms in total. The van der Waals surface area contributed by atoms with E-state index in [0.29, 0.717) is 18.1 Å². The van der Waals surface area contributed by atoms with Gasteiger partial charge >= 0.3 is 5.97 Å². The second kappa shape index (κ2) is 7.83. The van der Waals surface area contributed by atoms with Crippen LogP contribution in [0.5, 0.6) is 0 Å². The Morgan fingerprint density at radius 2 is 2.13 bits per heavy atom. The van der Waals surface area contributed by atoms with Gasteiger partial charge in [0, 0.05) is 23.6 Å². The van der Waals surface area contributed by atoms with E-state index in [-0.39, 0.29) is 12.0 Å². The first kappa shape index (κ1) is 18.7. The summed E-state index contributed by atoms with van der Waals surface area (Å²) in [6.07, 6.45) is 3.50. The van der Waals surface area contributed by atoms with Crippen LogP contribution in [0.4, 0.5) is 5.82 Å². The molecule has 0 bridgehead atoms. The molecule has 1 saturated heterocycles. The minimum Gasteiger partial charge on any atom is -0.461 e. The van der Waals surface area contributed by atoms with Gasteiger partial charge in [0.1, 0.15) is 17.2 Å². The molecule has 0 radical (unpaired) electrons. The number of carbonyl (C=O) groups is 1. The van der Waals surface area contributed by atoms with Crippen molar-refractivity contribution in [1.82, 2.24) is 24.6 Å². The van der Waals surface area contributed by atoms with Crippen LogP contribution in [-0.2, 0) is 4.74 Å². The van der Waals surface area contributed by atoms with E-state index in [0.717, 1.165) is 41.5 Å². The van der Waals surface area contributed by atoms with Gasteiger partial charge in [-0.25, -0.2) is 14.8 Å². The van der Waals surface area contributed by atoms with Crippen LogP contribution in [0.15, 0.2) is 48.1 Å². The van der Waals surface area contributed by atoms with Crippen LogP contribution in [0, 0.1) is 0 Å². The summed E-state index contributed by atoms with van der Waals surface area (Å²) in [4.78, 5) is 27.9. The summed E-state index contributed by atoms with van der Waals surface area (Å²) in [7, 11) is 0. The van der Waals surface area contributed by atoms with E-state index in [1.165, 1.54) is 17.7 Å². The molecule has 1 fully saturated rings. The molecule has 1 unspecified atom stereocenters. The molecule has 152 valence electrons. The summed E-state index contributed by atoms with van der Waals surface area (Å²) >= 11 is 1.49. The summed E-state index contributed by atoms with van der Waals surface area (Å²) < 4.78 is 6.86. The fraction of sp³-hybridized carbons (Fsp3) is 0.286. The highest BCUT2D eigenvalue weighted by atomic mass is 32.1. The van der Waals surface area contributed by atoms with Gasteiger partial charge in [0.15, 0.2) is 5.69 Å². The van der Waals surface area contributed by atoms with Crippen LogP contribution in [0.25, 0.3) is 17.0 Å². The molecule has 0 aliphatic carbocycles. The number of ether oxygens (including phenoxy) is 1. The Balaban J connectivity index is 1.54. The van der Waals surface area contributed by atoms with Crippen LogP contribution >= 0.6 is 11.3 Å². The lowest BCUT2D eigenvalue weighted by atomic mass is 10.1. The Morgan fingerprint density at radius 3 is 2.97 bits per heavy atom. The molecule has 30 heavy (non-hydrogen) atoms. The lowest BCUT2D eigenvalue weighted by Gasteiger charge is -2.25. The Bertz CT molecular complexity index is 1190. The molecular weight excluding hydrogens is 400 g/mol. The monoisotopic (exact) mass is 420 g/mol. The summed E-state index contributed by atoms with van der Waals surface area (Å²) in [5, 5.41) is 7.07. The van der Waals surface area contributed by atoms with Gasteiger partial charge in [-0.05, 0) is 19.8 Å². The second-order valence-corrected chi connectivity index (χ2v) is 7.87. The topological polar surface area (TPSA) is 85.5 Å². The molecule has 1 aliphatic heterocycles. The lowest BCUT2D eigenvalue weighted by Crippen LogP contribution is -2.25. The maximum Gasteiger partial charge on any atom is 0.357 e. The van der Waals surface area contributed by atoms with Crippen LogP contribution in [0.1, 0.15) is 41.3 Å². The number of benzene rings is 1. The van der Waals surface area contributed by atoms with Crippen molar-refractivity contribution in [2.24, 2.45) is 0 Å². The first-order valence-corrected chi connectivity index (χ1v) is 10.8. The minimum absolute atomic E-state index is 0.0663. The van der Waals surface area contributed by atoms with E-state index in [1.807, 2.05) is 30.3 Å². The number of anilines is 1. The number of thiazole rings is 1. The number of nitrogens with zero attached hydrogens (tertiary/aromatic N) is 6. The van der Waals surface area contributed by atoms with Crippen molar-refractivity contribution >= 4 is 28.9 Å². The maximum atomic E-state index is 12.0. The summed E-state index contributed by atoms with van der Waals surface area (Å²) in [6.45, 7) is 3.00. The van der Waals surface area contributed by atoms with Crippen molar-refractivity contribution in [3.63, 3.8) is 0 Å². The zero-order valence-electron chi connectivity index (χ0n) is 16.4. The number of esters is 1. The molecule has 1 aliphatic rings. The van der Waals surface area contributed by atoms with Gasteiger partial charge in [0.25, 0.3) is 5.78 Å². The summed E-state index contributed by atoms with van der Waals surface area (Å²) in [5.74, 6) is 1.11. The minimum atomic E-state index is -0.376. The Labute approximate surface area is 177 Å². The third kappa shape index (κ3) is 3.30. The molecule has 0 saturated carbocycles. The maximum absolute atomic E-state index is 12.0. The summed E-state index contributed by atoms with van der Waals surface area (Å²) in [5.41, 5.74) is 2.25. The van der Waals surface area contributed by atoms with Crippen molar-refractivity contribution in [1.29, 1.82) is 0 Å². The number of carbonyl (C=O) groups excluding carboxylic acids is 1. The molecule has 4 heterocycles. The van der Waals surface area contributed by atoms with Crippen molar-refractivity contribution < 1.29 is 9.53 Å². The molecule has 0 amide bonds. The van der Waals surface area contributed by atoms with Gasteiger partial charge < -0.3 is 9.64 Å². The van der Waals surface area contributed by atoms with E-state index in [1.54, 1.807) is 16.8 Å². The smallest absolute Gasteiger partial charge is 0.357 e. The molecular formula is C21H20N6O2S. The van der Waals surface area contributed by atoms with E-state index in [9.17, 15) is 4.79 Å². The highest BCUT2D eigenvalue weighted by Crippen LogP contribution is 2.38. The van der Waals surface area contributed by atoms with Crippen LogP contribution in [-0.4, -0.2) is 43.7 Å². The Kier molecular flexibility index (Phi) is 4.88. The van der Waals surface area contributed by atoms with Crippen molar-refractivity contribution in [3.8, 4) is 11.3 Å². The van der Waals surface area contributed by atoms with E-state index >= 15 is 0 Å². The van der Waals surface area contributed by atoms with E-state index in [4.69, 9.17) is 4.74 Å². The van der Waals surface area contributed by atoms with Gasteiger partial charge in [-0.15, -0.1) is 11.3 Å². The molecule has 3 aromatic heterocycles. The lowest BCUT2D eigenvalue weighted by molar-refractivity contribution is 0.0520. The molecule has 1 atom stereocenters. The van der Waals surface area contributed by atoms with Crippen molar-refractivity contribution in [2.45, 2.75) is 25.8 Å². The Morgan fingerprint density at radius 1 is 1.27 bits per heavy atom. The number of rotatable bonds is 5. The average molecular weight is 420 g/mol. The Hall–Kier alpha value is -3.33. The molecule has 9 heteroatoms. The average Bonchev–Trinajstić information content (AvgIpc) is 3.53. The fourth-order valence-corrected chi connectivity index (χ4v) is 4.73. The predicted molar refractivity (Wildman–Crippen MR) is 114 cm³/mol. The van der Waals surface area contributed by atoms with Gasteiger partial charge in [-0.3, -0.25) is 0 Å². The van der Waals surface area contributed by atoms with E-state index in [2.05, 4.69) is 31.0 Å². The first-order chi connectivity index (χ1) is 14.7. The first-order valence-electron chi connectivity index (χ1n) is 9.90. The molecule has 0 spiro atoms. The SMILES string of the molecule is CCOC(=O)c1csc(C2CCCN2c2cc(-c3ccccc3)nc3ncnn23)n1. The zero-order chi connectivity index (χ0) is 20.5. The second-order valence-electron chi connectivity index (χ2n) is 6.98. The number of aromatic nitrogens is 5. The largest absolute Gasteiger partial charge is 0.461 e. The quantitative estimate of drug-likeness (QED) is 0.454. The third-order valence-corrected chi connectivity index (χ3v) is 6.09.